The Kier molecular flexibility index (Phi) is 9.19. The Labute approximate surface area is 210 Å². The van der Waals surface area contributed by atoms with Crippen LogP contribution in [0, 0.1) is 0 Å². The number of ether oxygens (including phenoxy) is 2. The molecule has 1 fully saturated rings. The van der Waals surface area contributed by atoms with E-state index in [9.17, 15) is 9.59 Å². The van der Waals surface area contributed by atoms with Gasteiger partial charge in [-0.15, -0.1) is 0 Å². The van der Waals surface area contributed by atoms with E-state index in [0.29, 0.717) is 24.5 Å². The highest BCUT2D eigenvalue weighted by Gasteiger charge is 2.31. The third-order valence-corrected chi connectivity index (χ3v) is 6.66. The molecule has 0 unspecified atom stereocenters. The Morgan fingerprint density at radius 1 is 1.06 bits per heavy atom. The monoisotopic (exact) mass is 480 g/mol. The Hall–Kier alpha value is -3.02. The van der Waals surface area contributed by atoms with Crippen molar-refractivity contribution in [2.45, 2.75) is 83.8 Å². The highest BCUT2D eigenvalue weighted by molar-refractivity contribution is 5.88. The Balaban J connectivity index is 1.75. The second-order valence-electron chi connectivity index (χ2n) is 10.4. The van der Waals surface area contributed by atoms with Crippen molar-refractivity contribution in [2.75, 3.05) is 13.7 Å². The summed E-state index contributed by atoms with van der Waals surface area (Å²) in [7, 11) is 1.62. The van der Waals surface area contributed by atoms with Crippen LogP contribution in [0.3, 0.4) is 0 Å². The predicted octanol–water partition coefficient (Wildman–Crippen LogP) is 5.24. The number of rotatable bonds is 10. The van der Waals surface area contributed by atoms with Crippen molar-refractivity contribution in [3.63, 3.8) is 0 Å². The Bertz CT molecular complexity index is 975. The summed E-state index contributed by atoms with van der Waals surface area (Å²) in [5.41, 5.74) is 2.15. The van der Waals surface area contributed by atoms with Crippen molar-refractivity contribution >= 4 is 11.8 Å². The minimum atomic E-state index is -0.568. The second kappa shape index (κ2) is 12.1. The van der Waals surface area contributed by atoms with E-state index < -0.39 is 6.04 Å². The maximum Gasteiger partial charge on any atom is 0.261 e. The number of nitrogens with zero attached hydrogens (tertiary/aromatic N) is 1. The molecule has 0 bridgehead atoms. The van der Waals surface area contributed by atoms with E-state index in [1.165, 1.54) is 5.56 Å². The maximum atomic E-state index is 13.4. The first-order valence-electron chi connectivity index (χ1n) is 12.7. The van der Waals surface area contributed by atoms with E-state index in [4.69, 9.17) is 9.47 Å². The van der Waals surface area contributed by atoms with Crippen LogP contribution in [0.5, 0.6) is 11.5 Å². The van der Waals surface area contributed by atoms with Crippen LogP contribution in [0.25, 0.3) is 0 Å². The summed E-state index contributed by atoms with van der Waals surface area (Å²) in [5.74, 6) is 1.04. The van der Waals surface area contributed by atoms with Gasteiger partial charge in [-0.3, -0.25) is 9.59 Å². The number of carbonyl (C=O) groups excluding carboxylic acids is 2. The number of nitrogens with one attached hydrogen (secondary N) is 1. The summed E-state index contributed by atoms with van der Waals surface area (Å²) in [4.78, 5) is 28.3. The van der Waals surface area contributed by atoms with Crippen molar-refractivity contribution in [1.82, 2.24) is 10.2 Å². The highest BCUT2D eigenvalue weighted by Crippen LogP contribution is 2.25. The largest absolute Gasteiger partial charge is 0.497 e. The lowest BCUT2D eigenvalue weighted by molar-refractivity contribution is -0.143. The van der Waals surface area contributed by atoms with Gasteiger partial charge in [0.15, 0.2) is 6.61 Å². The fourth-order valence-corrected chi connectivity index (χ4v) is 4.53. The van der Waals surface area contributed by atoms with Gasteiger partial charge in [0.25, 0.3) is 5.91 Å². The normalized spacial score (nSPS) is 14.9. The molecule has 1 aliphatic rings. The molecule has 0 spiro atoms. The van der Waals surface area contributed by atoms with Gasteiger partial charge in [-0.1, -0.05) is 64.8 Å². The van der Waals surface area contributed by atoms with E-state index in [2.05, 4.69) is 26.1 Å². The zero-order valence-corrected chi connectivity index (χ0v) is 21.8. The molecule has 6 heteroatoms. The summed E-state index contributed by atoms with van der Waals surface area (Å²) < 4.78 is 11.2. The van der Waals surface area contributed by atoms with Gasteiger partial charge in [-0.25, -0.2) is 0 Å². The molecular formula is C29H40N2O4. The summed E-state index contributed by atoms with van der Waals surface area (Å²) in [5, 5.41) is 3.17. The molecule has 1 aliphatic carbocycles. The molecule has 0 radical (unpaired) electrons. The highest BCUT2D eigenvalue weighted by atomic mass is 16.5. The second-order valence-corrected chi connectivity index (χ2v) is 10.4. The van der Waals surface area contributed by atoms with Crippen LogP contribution < -0.4 is 14.8 Å². The molecule has 0 aliphatic heterocycles. The first-order valence-corrected chi connectivity index (χ1v) is 12.7. The van der Waals surface area contributed by atoms with Gasteiger partial charge in [0, 0.05) is 12.6 Å². The zero-order chi connectivity index (χ0) is 25.4. The number of hydrogen-bond acceptors (Lipinski definition) is 4. The van der Waals surface area contributed by atoms with Crippen LogP contribution in [0.15, 0.2) is 48.5 Å². The van der Waals surface area contributed by atoms with Crippen molar-refractivity contribution in [2.24, 2.45) is 0 Å². The third kappa shape index (κ3) is 7.48. The zero-order valence-electron chi connectivity index (χ0n) is 21.8. The van der Waals surface area contributed by atoms with E-state index in [-0.39, 0.29) is 29.9 Å². The van der Waals surface area contributed by atoms with Crippen molar-refractivity contribution in [1.29, 1.82) is 0 Å². The van der Waals surface area contributed by atoms with Gasteiger partial charge in [-0.05, 0) is 60.1 Å². The van der Waals surface area contributed by atoms with Gasteiger partial charge in [0.2, 0.25) is 5.91 Å². The lowest BCUT2D eigenvalue weighted by Gasteiger charge is -2.31. The molecule has 2 amide bonds. The Morgan fingerprint density at radius 3 is 2.34 bits per heavy atom. The molecule has 0 saturated heterocycles. The summed E-state index contributed by atoms with van der Waals surface area (Å²) in [6, 6.07) is 15.1. The van der Waals surface area contributed by atoms with Gasteiger partial charge < -0.3 is 19.7 Å². The van der Waals surface area contributed by atoms with Crippen LogP contribution in [0.4, 0.5) is 0 Å². The average Bonchev–Trinajstić information content (AvgIpc) is 3.35. The molecule has 3 rings (SSSR count). The van der Waals surface area contributed by atoms with Crippen molar-refractivity contribution in [3.05, 3.63) is 59.7 Å². The quantitative estimate of drug-likeness (QED) is 0.505. The smallest absolute Gasteiger partial charge is 0.261 e. The fourth-order valence-electron chi connectivity index (χ4n) is 4.53. The summed E-state index contributed by atoms with van der Waals surface area (Å²) in [6.07, 6.45) is 4.79. The molecular weight excluding hydrogens is 440 g/mol. The van der Waals surface area contributed by atoms with Gasteiger partial charge in [0.1, 0.15) is 17.5 Å². The van der Waals surface area contributed by atoms with E-state index in [1.54, 1.807) is 12.0 Å². The van der Waals surface area contributed by atoms with E-state index in [1.807, 2.05) is 55.5 Å². The van der Waals surface area contributed by atoms with Crippen LogP contribution in [-0.2, 0) is 21.5 Å². The molecule has 2 aromatic carbocycles. The lowest BCUT2D eigenvalue weighted by atomic mass is 9.87. The lowest BCUT2D eigenvalue weighted by Crippen LogP contribution is -2.52. The molecule has 2 aromatic rings. The standard InChI is InChI=1S/C29H40N2O4/c1-6-26(28(33)30-23-11-7-8-12-23)31(19-21-10-9-13-25(18-21)34-5)27(32)20-35-24-16-14-22(15-17-24)29(2,3)4/h9-10,13-18,23,26H,6-8,11-12,19-20H2,1-5H3,(H,30,33)/t26-/m0/s1. The minimum Gasteiger partial charge on any atom is -0.497 e. The molecule has 6 nitrogen and oxygen atoms in total. The Morgan fingerprint density at radius 2 is 1.74 bits per heavy atom. The third-order valence-electron chi connectivity index (χ3n) is 6.66. The number of methoxy groups -OCH3 is 1. The van der Waals surface area contributed by atoms with Crippen LogP contribution in [-0.4, -0.2) is 42.5 Å². The first-order chi connectivity index (χ1) is 16.7. The summed E-state index contributed by atoms with van der Waals surface area (Å²) >= 11 is 0. The molecule has 0 heterocycles. The van der Waals surface area contributed by atoms with Gasteiger partial charge >= 0.3 is 0 Å². The number of amides is 2. The van der Waals surface area contributed by atoms with E-state index >= 15 is 0 Å². The van der Waals surface area contributed by atoms with Crippen LogP contribution >= 0.6 is 0 Å². The topological polar surface area (TPSA) is 67.9 Å². The van der Waals surface area contributed by atoms with Gasteiger partial charge in [-0.2, -0.15) is 0 Å². The first kappa shape index (κ1) is 26.6. The minimum absolute atomic E-state index is 0.0446. The molecule has 1 saturated carbocycles. The fraction of sp³-hybridized carbons (Fsp3) is 0.517. The molecule has 1 atom stereocenters. The van der Waals surface area contributed by atoms with Gasteiger partial charge in [0.05, 0.1) is 7.11 Å². The molecule has 190 valence electrons. The van der Waals surface area contributed by atoms with Crippen molar-refractivity contribution < 1.29 is 19.1 Å². The SMILES string of the molecule is CC[C@@H](C(=O)NC1CCCC1)N(Cc1cccc(OC)c1)C(=O)COc1ccc(C(C)(C)C)cc1. The molecule has 0 aromatic heterocycles. The number of benzene rings is 2. The summed E-state index contributed by atoms with van der Waals surface area (Å²) in [6.45, 7) is 8.58. The van der Waals surface area contributed by atoms with Crippen LogP contribution in [0.2, 0.25) is 0 Å². The average molecular weight is 481 g/mol. The van der Waals surface area contributed by atoms with Crippen LogP contribution in [0.1, 0.15) is 70.9 Å². The van der Waals surface area contributed by atoms with E-state index in [0.717, 1.165) is 31.2 Å². The molecule has 35 heavy (non-hydrogen) atoms. The maximum absolute atomic E-state index is 13.4. The van der Waals surface area contributed by atoms with Crippen molar-refractivity contribution in [3.8, 4) is 11.5 Å². The number of hydrogen-bond donors (Lipinski definition) is 1. The molecule has 1 N–H and O–H groups in total. The predicted molar refractivity (Wildman–Crippen MR) is 139 cm³/mol. The number of carbonyl (C=O) groups is 2.